The molecular weight excluding hydrogens is 459 g/mol. The zero-order chi connectivity index (χ0) is 24.1. The molecule has 1 aromatic carbocycles. The highest BCUT2D eigenvalue weighted by Crippen LogP contribution is 2.38. The SMILES string of the molecule is O[C@H]1CCN(c2cnn(-c3ncnc4ccc(N5C[C@@H](F)C[C@@H]5c5cc(F)ccc5F)nc34)c2)C1. The molecule has 3 atom stereocenters. The maximum Gasteiger partial charge on any atom is 0.183 e. The fourth-order valence-electron chi connectivity index (χ4n) is 4.92. The van der Waals surface area contributed by atoms with E-state index in [1.165, 1.54) is 6.33 Å². The molecule has 0 aliphatic carbocycles. The predicted molar refractivity (Wildman–Crippen MR) is 123 cm³/mol. The summed E-state index contributed by atoms with van der Waals surface area (Å²) in [7, 11) is 0. The molecule has 0 radical (unpaired) electrons. The van der Waals surface area contributed by atoms with Gasteiger partial charge < -0.3 is 14.9 Å². The van der Waals surface area contributed by atoms with Crippen LogP contribution in [0.5, 0.6) is 0 Å². The number of aliphatic hydroxyl groups is 1. The van der Waals surface area contributed by atoms with Crippen molar-refractivity contribution < 1.29 is 18.3 Å². The second-order valence-electron chi connectivity index (χ2n) is 8.93. The van der Waals surface area contributed by atoms with Crippen LogP contribution in [0.15, 0.2) is 49.1 Å². The maximum atomic E-state index is 14.5. The number of aliphatic hydroxyl groups excluding tert-OH is 1. The van der Waals surface area contributed by atoms with Gasteiger partial charge in [0, 0.05) is 25.1 Å². The molecule has 0 spiro atoms. The summed E-state index contributed by atoms with van der Waals surface area (Å²) in [6.07, 6.45) is 4.08. The summed E-state index contributed by atoms with van der Waals surface area (Å²) in [4.78, 5) is 17.1. The lowest BCUT2D eigenvalue weighted by atomic mass is 10.0. The number of fused-ring (bicyclic) bond motifs is 1. The van der Waals surface area contributed by atoms with Crippen molar-refractivity contribution in [2.45, 2.75) is 31.2 Å². The van der Waals surface area contributed by atoms with Crippen LogP contribution in [0.2, 0.25) is 0 Å². The number of anilines is 2. The second-order valence-corrected chi connectivity index (χ2v) is 8.93. The number of rotatable bonds is 4. The first-order valence-electron chi connectivity index (χ1n) is 11.4. The Morgan fingerprint density at radius 3 is 2.77 bits per heavy atom. The van der Waals surface area contributed by atoms with E-state index < -0.39 is 23.8 Å². The number of halogens is 3. The van der Waals surface area contributed by atoms with Crippen LogP contribution < -0.4 is 9.80 Å². The zero-order valence-electron chi connectivity index (χ0n) is 18.6. The minimum atomic E-state index is -1.21. The lowest BCUT2D eigenvalue weighted by Gasteiger charge is -2.26. The van der Waals surface area contributed by atoms with Gasteiger partial charge in [-0.3, -0.25) is 0 Å². The number of hydrogen-bond acceptors (Lipinski definition) is 7. The highest BCUT2D eigenvalue weighted by Gasteiger charge is 2.36. The second kappa shape index (κ2) is 8.49. The van der Waals surface area contributed by atoms with Crippen molar-refractivity contribution in [3.8, 4) is 5.82 Å². The van der Waals surface area contributed by atoms with E-state index in [1.54, 1.807) is 27.9 Å². The predicted octanol–water partition coefficient (Wildman–Crippen LogP) is 3.35. The Bertz CT molecular complexity index is 1400. The van der Waals surface area contributed by atoms with Gasteiger partial charge >= 0.3 is 0 Å². The number of nitrogens with zero attached hydrogens (tertiary/aromatic N) is 7. The van der Waals surface area contributed by atoms with Gasteiger partial charge in [0.2, 0.25) is 0 Å². The van der Waals surface area contributed by atoms with Crippen molar-refractivity contribution >= 4 is 22.5 Å². The Hall–Kier alpha value is -3.73. The summed E-state index contributed by atoms with van der Waals surface area (Å²) >= 11 is 0. The summed E-state index contributed by atoms with van der Waals surface area (Å²) in [6, 6.07) is 5.96. The molecule has 4 aromatic rings. The van der Waals surface area contributed by atoms with Crippen molar-refractivity contribution in [2.75, 3.05) is 29.4 Å². The molecular formula is C24H22F3N7O. The van der Waals surface area contributed by atoms with Gasteiger partial charge in [0.05, 0.1) is 42.3 Å². The van der Waals surface area contributed by atoms with E-state index in [4.69, 9.17) is 4.98 Å². The Labute approximate surface area is 198 Å². The van der Waals surface area contributed by atoms with Crippen molar-refractivity contribution in [1.82, 2.24) is 24.7 Å². The number of benzene rings is 1. The number of β-amino-alcohol motifs (C(OH)–C–C–N with tert-alkyl or cyclic N) is 1. The van der Waals surface area contributed by atoms with Crippen LogP contribution in [0.3, 0.4) is 0 Å². The molecule has 8 nitrogen and oxygen atoms in total. The average Bonchev–Trinajstić information content (AvgIpc) is 3.59. The molecule has 0 unspecified atom stereocenters. The van der Waals surface area contributed by atoms with Gasteiger partial charge in [-0.25, -0.2) is 32.8 Å². The van der Waals surface area contributed by atoms with E-state index in [2.05, 4.69) is 15.1 Å². The molecule has 11 heteroatoms. The summed E-state index contributed by atoms with van der Waals surface area (Å²) in [6.45, 7) is 1.28. The normalized spacial score (nSPS) is 22.5. The molecule has 6 rings (SSSR count). The zero-order valence-corrected chi connectivity index (χ0v) is 18.6. The molecule has 2 aliphatic heterocycles. The Balaban J connectivity index is 1.39. The van der Waals surface area contributed by atoms with Crippen LogP contribution in [0.1, 0.15) is 24.4 Å². The average molecular weight is 481 g/mol. The Kier molecular flexibility index (Phi) is 5.28. The first-order valence-corrected chi connectivity index (χ1v) is 11.4. The van der Waals surface area contributed by atoms with Crippen molar-refractivity contribution in [2.24, 2.45) is 0 Å². The first kappa shape index (κ1) is 21.8. The molecule has 0 bridgehead atoms. The topological polar surface area (TPSA) is 83.2 Å². The van der Waals surface area contributed by atoms with E-state index in [1.807, 2.05) is 11.1 Å². The molecule has 5 heterocycles. The summed E-state index contributed by atoms with van der Waals surface area (Å²) in [5, 5.41) is 14.3. The minimum Gasteiger partial charge on any atom is -0.391 e. The molecule has 2 fully saturated rings. The summed E-state index contributed by atoms with van der Waals surface area (Å²) < 4.78 is 44.5. The molecule has 180 valence electrons. The lowest BCUT2D eigenvalue weighted by molar-refractivity contribution is 0.198. The third-order valence-electron chi connectivity index (χ3n) is 6.62. The van der Waals surface area contributed by atoms with Gasteiger partial charge in [-0.1, -0.05) is 0 Å². The Morgan fingerprint density at radius 2 is 1.94 bits per heavy atom. The first-order chi connectivity index (χ1) is 17.0. The van der Waals surface area contributed by atoms with Gasteiger partial charge in [0.1, 0.15) is 35.5 Å². The molecule has 0 saturated carbocycles. The molecule has 2 aliphatic rings. The molecule has 2 saturated heterocycles. The number of pyridine rings is 1. The van der Waals surface area contributed by atoms with Gasteiger partial charge in [-0.05, 0) is 36.8 Å². The van der Waals surface area contributed by atoms with E-state index in [-0.39, 0.29) is 24.6 Å². The molecule has 3 aromatic heterocycles. The fourth-order valence-corrected chi connectivity index (χ4v) is 4.92. The smallest absolute Gasteiger partial charge is 0.183 e. The molecule has 1 N–H and O–H groups in total. The maximum absolute atomic E-state index is 14.5. The third kappa shape index (κ3) is 3.95. The largest absolute Gasteiger partial charge is 0.391 e. The van der Waals surface area contributed by atoms with Crippen LogP contribution in [-0.4, -0.2) is 61.7 Å². The van der Waals surface area contributed by atoms with Gasteiger partial charge in [0.25, 0.3) is 0 Å². The number of aromatic nitrogens is 5. The highest BCUT2D eigenvalue weighted by atomic mass is 19.1. The van der Waals surface area contributed by atoms with Crippen LogP contribution in [0, 0.1) is 11.6 Å². The van der Waals surface area contributed by atoms with Crippen LogP contribution in [0.4, 0.5) is 24.7 Å². The highest BCUT2D eigenvalue weighted by molar-refractivity contribution is 5.82. The van der Waals surface area contributed by atoms with Crippen molar-refractivity contribution in [3.63, 3.8) is 0 Å². The fraction of sp³-hybridized carbons (Fsp3) is 0.333. The Morgan fingerprint density at radius 1 is 1.06 bits per heavy atom. The van der Waals surface area contributed by atoms with Crippen molar-refractivity contribution in [1.29, 1.82) is 0 Å². The molecule has 35 heavy (non-hydrogen) atoms. The van der Waals surface area contributed by atoms with Crippen LogP contribution >= 0.6 is 0 Å². The summed E-state index contributed by atoms with van der Waals surface area (Å²) in [5.41, 5.74) is 1.96. The number of hydrogen-bond donors (Lipinski definition) is 1. The van der Waals surface area contributed by atoms with E-state index >= 15 is 0 Å². The lowest BCUT2D eigenvalue weighted by Crippen LogP contribution is -2.25. The van der Waals surface area contributed by atoms with E-state index in [9.17, 15) is 18.3 Å². The third-order valence-corrected chi connectivity index (χ3v) is 6.62. The van der Waals surface area contributed by atoms with Crippen LogP contribution in [-0.2, 0) is 0 Å². The van der Waals surface area contributed by atoms with Gasteiger partial charge in [-0.2, -0.15) is 5.10 Å². The van der Waals surface area contributed by atoms with E-state index in [0.717, 1.165) is 30.4 Å². The van der Waals surface area contributed by atoms with E-state index in [0.29, 0.717) is 35.6 Å². The molecule has 0 amide bonds. The standard InChI is InChI=1S/C24H22F3N7O/c25-14-1-2-19(27)18(7-14)21-8-15(26)10-33(21)22-4-3-20-23(31-22)24(29-13-28-20)34-11-16(9-30-34)32-6-5-17(35)12-32/h1-4,7,9,11,13,15,17,21,35H,5-6,8,10,12H2/t15-,17-,21+/m0/s1. The van der Waals surface area contributed by atoms with Crippen LogP contribution in [0.25, 0.3) is 16.9 Å². The minimum absolute atomic E-state index is 0.00531. The van der Waals surface area contributed by atoms with Gasteiger partial charge in [-0.15, -0.1) is 0 Å². The monoisotopic (exact) mass is 481 g/mol. The quantitative estimate of drug-likeness (QED) is 0.479. The number of alkyl halides is 1. The summed E-state index contributed by atoms with van der Waals surface area (Å²) in [5.74, 6) is -0.313. The van der Waals surface area contributed by atoms with Crippen molar-refractivity contribution in [3.05, 3.63) is 66.3 Å². The van der Waals surface area contributed by atoms with Gasteiger partial charge in [0.15, 0.2) is 5.82 Å².